The van der Waals surface area contributed by atoms with E-state index in [1.165, 1.54) is 6.07 Å². The molecule has 1 aliphatic heterocycles. The monoisotopic (exact) mass is 255 g/mol. The van der Waals surface area contributed by atoms with Crippen LogP contribution in [0.1, 0.15) is 12.5 Å². The van der Waals surface area contributed by atoms with Crippen LogP contribution in [-0.4, -0.2) is 18.9 Å². The topological polar surface area (TPSA) is 29.1 Å². The molecule has 0 bridgehead atoms. The molecule has 4 heteroatoms. The van der Waals surface area contributed by atoms with E-state index in [2.05, 4.69) is 5.32 Å². The molecule has 2 nitrogen and oxygen atoms in total. The number of benzene rings is 1. The third kappa shape index (κ3) is 2.67. The number of Topliss-reactive ketones (excluding diaryl/α,β-unsaturated/α-hetero) is 1. The zero-order chi connectivity index (χ0) is 12.4. The highest BCUT2D eigenvalue weighted by Gasteiger charge is 2.30. The second-order valence-electron chi connectivity index (χ2n) is 4.59. The van der Waals surface area contributed by atoms with Crippen molar-refractivity contribution in [3.8, 4) is 0 Å². The highest BCUT2D eigenvalue weighted by Crippen LogP contribution is 2.24. The highest BCUT2D eigenvalue weighted by molar-refractivity contribution is 6.31. The molecule has 1 heterocycles. The summed E-state index contributed by atoms with van der Waals surface area (Å²) >= 11 is 5.91. The van der Waals surface area contributed by atoms with Crippen LogP contribution in [0.4, 0.5) is 4.39 Å². The van der Waals surface area contributed by atoms with E-state index in [-0.39, 0.29) is 18.1 Å². The van der Waals surface area contributed by atoms with Gasteiger partial charge in [-0.3, -0.25) is 4.79 Å². The summed E-state index contributed by atoms with van der Waals surface area (Å²) < 4.78 is 13.5. The average Bonchev–Trinajstić information content (AvgIpc) is 2.70. The Labute approximate surface area is 105 Å². The van der Waals surface area contributed by atoms with Crippen LogP contribution >= 0.6 is 11.6 Å². The summed E-state index contributed by atoms with van der Waals surface area (Å²) in [4.78, 5) is 12.1. The van der Waals surface area contributed by atoms with Crippen LogP contribution in [0.25, 0.3) is 0 Å². The van der Waals surface area contributed by atoms with E-state index < -0.39 is 5.82 Å². The van der Waals surface area contributed by atoms with Gasteiger partial charge in [0.25, 0.3) is 0 Å². The van der Waals surface area contributed by atoms with Gasteiger partial charge in [-0.05, 0) is 24.6 Å². The first-order valence-corrected chi connectivity index (χ1v) is 6.13. The van der Waals surface area contributed by atoms with Gasteiger partial charge in [-0.25, -0.2) is 4.39 Å². The minimum Gasteiger partial charge on any atom is -0.316 e. The highest BCUT2D eigenvalue weighted by atomic mass is 35.5. The number of hydrogen-bond acceptors (Lipinski definition) is 2. The summed E-state index contributed by atoms with van der Waals surface area (Å²) in [5.74, 6) is -0.0438. The number of rotatable bonds is 3. The van der Waals surface area contributed by atoms with Gasteiger partial charge in [-0.2, -0.15) is 0 Å². The number of ketones is 1. The average molecular weight is 256 g/mol. The van der Waals surface area contributed by atoms with Crippen LogP contribution in [0, 0.1) is 17.7 Å². The molecule has 0 saturated carbocycles. The summed E-state index contributed by atoms with van der Waals surface area (Å²) in [6.07, 6.45) is 0.0855. The van der Waals surface area contributed by atoms with E-state index in [1.807, 2.05) is 6.92 Å². The standard InChI is InChI=1S/C13H15ClFNO/c1-8-6-16-7-10(8)13(17)5-9-11(14)3-2-4-12(9)15/h2-4,8,10,16H,5-7H2,1H3. The smallest absolute Gasteiger partial charge is 0.142 e. The molecular weight excluding hydrogens is 241 g/mol. The fourth-order valence-corrected chi connectivity index (χ4v) is 2.48. The van der Waals surface area contributed by atoms with Crippen LogP contribution in [-0.2, 0) is 11.2 Å². The molecule has 1 aliphatic rings. The van der Waals surface area contributed by atoms with Gasteiger partial charge in [0, 0.05) is 29.5 Å². The Bertz CT molecular complexity index is 415. The molecule has 0 spiro atoms. The van der Waals surface area contributed by atoms with Gasteiger partial charge < -0.3 is 5.32 Å². The molecule has 2 atom stereocenters. The fraction of sp³-hybridized carbons (Fsp3) is 0.462. The van der Waals surface area contributed by atoms with Crippen LogP contribution in [0.5, 0.6) is 0 Å². The molecule has 1 N–H and O–H groups in total. The van der Waals surface area contributed by atoms with Crippen molar-refractivity contribution in [1.82, 2.24) is 5.32 Å². The van der Waals surface area contributed by atoms with E-state index in [0.717, 1.165) is 6.54 Å². The van der Waals surface area contributed by atoms with E-state index in [9.17, 15) is 9.18 Å². The van der Waals surface area contributed by atoms with Crippen molar-refractivity contribution >= 4 is 17.4 Å². The van der Waals surface area contributed by atoms with E-state index >= 15 is 0 Å². The van der Waals surface area contributed by atoms with Crippen molar-refractivity contribution in [1.29, 1.82) is 0 Å². The molecule has 0 aromatic heterocycles. The van der Waals surface area contributed by atoms with Gasteiger partial charge in [0.15, 0.2) is 0 Å². The zero-order valence-electron chi connectivity index (χ0n) is 9.67. The fourth-order valence-electron chi connectivity index (χ4n) is 2.25. The number of halogens is 2. The van der Waals surface area contributed by atoms with Gasteiger partial charge in [0.1, 0.15) is 11.6 Å². The Morgan fingerprint density at radius 2 is 2.29 bits per heavy atom. The normalized spacial score (nSPS) is 23.9. The minimum absolute atomic E-state index is 0.0225. The van der Waals surface area contributed by atoms with E-state index in [1.54, 1.807) is 12.1 Å². The molecular formula is C13H15ClFNO. The second kappa shape index (κ2) is 5.15. The summed E-state index contributed by atoms with van der Waals surface area (Å²) in [7, 11) is 0. The molecule has 92 valence electrons. The number of nitrogens with one attached hydrogen (secondary N) is 1. The SMILES string of the molecule is CC1CNCC1C(=O)Cc1c(F)cccc1Cl. The largest absolute Gasteiger partial charge is 0.316 e. The molecule has 1 saturated heterocycles. The van der Waals surface area contributed by atoms with Gasteiger partial charge in [0.05, 0.1) is 0 Å². The van der Waals surface area contributed by atoms with Crippen LogP contribution in [0.3, 0.4) is 0 Å². The van der Waals surface area contributed by atoms with Crippen molar-refractivity contribution in [3.05, 3.63) is 34.6 Å². The van der Waals surface area contributed by atoms with Crippen LogP contribution in [0.2, 0.25) is 5.02 Å². The quantitative estimate of drug-likeness (QED) is 0.899. The Hall–Kier alpha value is -0.930. The van der Waals surface area contributed by atoms with Gasteiger partial charge in [-0.1, -0.05) is 24.6 Å². The minimum atomic E-state index is -0.399. The summed E-state index contributed by atoms with van der Waals surface area (Å²) in [5.41, 5.74) is 0.318. The number of carbonyl (C=O) groups excluding carboxylic acids is 1. The molecule has 2 unspecified atom stereocenters. The zero-order valence-corrected chi connectivity index (χ0v) is 10.4. The second-order valence-corrected chi connectivity index (χ2v) is 4.99. The van der Waals surface area contributed by atoms with E-state index in [0.29, 0.717) is 23.0 Å². The number of hydrogen-bond donors (Lipinski definition) is 1. The molecule has 17 heavy (non-hydrogen) atoms. The van der Waals surface area contributed by atoms with E-state index in [4.69, 9.17) is 11.6 Å². The molecule has 0 amide bonds. The molecule has 1 aromatic rings. The molecule has 0 radical (unpaired) electrons. The lowest BCUT2D eigenvalue weighted by molar-refractivity contribution is -0.122. The van der Waals surface area contributed by atoms with Crippen molar-refractivity contribution < 1.29 is 9.18 Å². The maximum Gasteiger partial charge on any atom is 0.142 e. The predicted octanol–water partition coefficient (Wildman–Crippen LogP) is 2.45. The third-order valence-corrected chi connectivity index (χ3v) is 3.70. The Balaban J connectivity index is 2.13. The van der Waals surface area contributed by atoms with Crippen LogP contribution in [0.15, 0.2) is 18.2 Å². The lowest BCUT2D eigenvalue weighted by Crippen LogP contribution is -2.23. The first kappa shape index (κ1) is 12.5. The third-order valence-electron chi connectivity index (χ3n) is 3.34. The summed E-state index contributed by atoms with van der Waals surface area (Å²) in [5, 5.41) is 3.50. The summed E-state index contributed by atoms with van der Waals surface area (Å²) in [6.45, 7) is 3.57. The van der Waals surface area contributed by atoms with Gasteiger partial charge in [0.2, 0.25) is 0 Å². The lowest BCUT2D eigenvalue weighted by Gasteiger charge is -2.13. The molecule has 1 aromatic carbocycles. The maximum atomic E-state index is 13.5. The predicted molar refractivity (Wildman–Crippen MR) is 65.6 cm³/mol. The van der Waals surface area contributed by atoms with Crippen molar-refractivity contribution in [3.63, 3.8) is 0 Å². The molecule has 0 aliphatic carbocycles. The first-order valence-electron chi connectivity index (χ1n) is 5.76. The van der Waals surface area contributed by atoms with Crippen molar-refractivity contribution in [2.45, 2.75) is 13.3 Å². The summed E-state index contributed by atoms with van der Waals surface area (Å²) in [6, 6.07) is 4.50. The van der Waals surface area contributed by atoms with Gasteiger partial charge in [-0.15, -0.1) is 0 Å². The van der Waals surface area contributed by atoms with Crippen molar-refractivity contribution in [2.75, 3.05) is 13.1 Å². The van der Waals surface area contributed by atoms with Crippen molar-refractivity contribution in [2.24, 2.45) is 11.8 Å². The van der Waals surface area contributed by atoms with Crippen LogP contribution < -0.4 is 5.32 Å². The Morgan fingerprint density at radius 3 is 2.88 bits per heavy atom. The lowest BCUT2D eigenvalue weighted by atomic mass is 9.90. The maximum absolute atomic E-state index is 13.5. The number of carbonyl (C=O) groups is 1. The Morgan fingerprint density at radius 1 is 1.53 bits per heavy atom. The molecule has 2 rings (SSSR count). The first-order chi connectivity index (χ1) is 8.09. The molecule has 1 fully saturated rings. The Kier molecular flexibility index (Phi) is 3.79. The van der Waals surface area contributed by atoms with Gasteiger partial charge >= 0.3 is 0 Å².